The Morgan fingerprint density at radius 1 is 1.30 bits per heavy atom. The molecule has 1 atom stereocenters. The van der Waals surface area contributed by atoms with Crippen LogP contribution in [0.1, 0.15) is 37.2 Å². The maximum atomic E-state index is 12.7. The third-order valence-electron chi connectivity index (χ3n) is 3.79. The molecule has 0 fully saturated rings. The van der Waals surface area contributed by atoms with Gasteiger partial charge in [-0.05, 0) is 31.9 Å². The Labute approximate surface area is 115 Å². The van der Waals surface area contributed by atoms with E-state index in [9.17, 15) is 13.2 Å². The minimum atomic E-state index is -4.32. The summed E-state index contributed by atoms with van der Waals surface area (Å²) in [6.07, 6.45) is 0.617. The lowest BCUT2D eigenvalue weighted by atomic mass is 10.1. The summed E-state index contributed by atoms with van der Waals surface area (Å²) in [6.45, 7) is 2.11. The van der Waals surface area contributed by atoms with Crippen LogP contribution >= 0.6 is 0 Å². The second-order valence-corrected chi connectivity index (χ2v) is 5.27. The van der Waals surface area contributed by atoms with Gasteiger partial charge in [-0.15, -0.1) is 0 Å². The number of aromatic nitrogens is 2. The molecule has 0 saturated carbocycles. The highest BCUT2D eigenvalue weighted by molar-refractivity contribution is 5.60. The molecule has 5 heteroatoms. The van der Waals surface area contributed by atoms with Crippen LogP contribution in [0.2, 0.25) is 0 Å². The number of nitrogens with zero attached hydrogens (tertiary/aromatic N) is 2. The first-order chi connectivity index (χ1) is 9.45. The van der Waals surface area contributed by atoms with E-state index >= 15 is 0 Å². The minimum absolute atomic E-state index is 0.366. The monoisotopic (exact) mass is 280 g/mol. The fourth-order valence-electron chi connectivity index (χ4n) is 2.69. The van der Waals surface area contributed by atoms with E-state index in [1.54, 1.807) is 6.07 Å². The van der Waals surface area contributed by atoms with Crippen LogP contribution in [0.5, 0.6) is 0 Å². The van der Waals surface area contributed by atoms with Crippen LogP contribution in [0.25, 0.3) is 11.3 Å². The second-order valence-electron chi connectivity index (χ2n) is 5.27. The first-order valence-corrected chi connectivity index (χ1v) is 6.70. The van der Waals surface area contributed by atoms with Gasteiger partial charge < -0.3 is 4.57 Å². The Bertz CT molecular complexity index is 628. The van der Waals surface area contributed by atoms with Crippen LogP contribution in [0.3, 0.4) is 0 Å². The molecular weight excluding hydrogens is 265 g/mol. The summed E-state index contributed by atoms with van der Waals surface area (Å²) in [4.78, 5) is 4.49. The van der Waals surface area contributed by atoms with E-state index in [2.05, 4.69) is 16.5 Å². The highest BCUT2D eigenvalue weighted by Crippen LogP contribution is 2.33. The number of halogens is 3. The average Bonchev–Trinajstić information content (AvgIpc) is 2.83. The van der Waals surface area contributed by atoms with Gasteiger partial charge in [-0.2, -0.15) is 13.2 Å². The Morgan fingerprint density at radius 3 is 2.80 bits per heavy atom. The predicted molar refractivity (Wildman–Crippen MR) is 70.3 cm³/mol. The van der Waals surface area contributed by atoms with E-state index in [1.165, 1.54) is 12.1 Å². The van der Waals surface area contributed by atoms with E-state index < -0.39 is 11.7 Å². The molecule has 106 valence electrons. The number of fused-ring (bicyclic) bond motifs is 1. The summed E-state index contributed by atoms with van der Waals surface area (Å²) in [5.74, 6) is 0.969. The average molecular weight is 280 g/mol. The number of hydrogen-bond acceptors (Lipinski definition) is 1. The Kier molecular flexibility index (Phi) is 3.07. The lowest BCUT2D eigenvalue weighted by molar-refractivity contribution is -0.137. The third-order valence-corrected chi connectivity index (χ3v) is 3.79. The maximum Gasteiger partial charge on any atom is 0.416 e. The summed E-state index contributed by atoms with van der Waals surface area (Å²) in [7, 11) is 0. The third kappa shape index (κ3) is 2.32. The molecule has 1 aliphatic heterocycles. The Hall–Kier alpha value is -1.78. The molecule has 2 heterocycles. The van der Waals surface area contributed by atoms with Gasteiger partial charge in [0.25, 0.3) is 0 Å². The molecule has 1 unspecified atom stereocenters. The van der Waals surface area contributed by atoms with Crippen molar-refractivity contribution in [3.05, 3.63) is 41.9 Å². The Morgan fingerprint density at radius 2 is 2.10 bits per heavy atom. The smallest absolute Gasteiger partial charge is 0.331 e. The van der Waals surface area contributed by atoms with Gasteiger partial charge in [0.05, 0.1) is 11.3 Å². The van der Waals surface area contributed by atoms with Crippen LogP contribution < -0.4 is 0 Å². The van der Waals surface area contributed by atoms with Crippen molar-refractivity contribution < 1.29 is 13.2 Å². The van der Waals surface area contributed by atoms with Gasteiger partial charge in [0.15, 0.2) is 0 Å². The standard InChI is InChI=1S/C15H15F3N2/c1-10-4-2-7-14-19-13(9-20(10)14)11-5-3-6-12(8-11)15(16,17)18/h3,5-6,8-10H,2,4,7H2,1H3. The summed E-state index contributed by atoms with van der Waals surface area (Å²) < 4.78 is 40.3. The highest BCUT2D eigenvalue weighted by atomic mass is 19.4. The second kappa shape index (κ2) is 4.65. The first-order valence-electron chi connectivity index (χ1n) is 6.70. The molecular formula is C15H15F3N2. The largest absolute Gasteiger partial charge is 0.416 e. The zero-order valence-electron chi connectivity index (χ0n) is 11.1. The van der Waals surface area contributed by atoms with Crippen molar-refractivity contribution in [2.24, 2.45) is 0 Å². The molecule has 0 saturated heterocycles. The molecule has 1 aliphatic rings. The maximum absolute atomic E-state index is 12.7. The number of alkyl halides is 3. The lowest BCUT2D eigenvalue weighted by Crippen LogP contribution is -2.14. The summed E-state index contributed by atoms with van der Waals surface area (Å²) >= 11 is 0. The van der Waals surface area contributed by atoms with E-state index in [0.29, 0.717) is 17.3 Å². The number of hydrogen-bond donors (Lipinski definition) is 0. The molecule has 2 aromatic rings. The number of rotatable bonds is 1. The molecule has 0 amide bonds. The van der Waals surface area contributed by atoms with Crippen molar-refractivity contribution in [1.82, 2.24) is 9.55 Å². The number of imidazole rings is 1. The molecule has 0 aliphatic carbocycles. The Balaban J connectivity index is 2.02. The van der Waals surface area contributed by atoms with Gasteiger partial charge in [0.2, 0.25) is 0 Å². The van der Waals surface area contributed by atoms with E-state index in [4.69, 9.17) is 0 Å². The van der Waals surface area contributed by atoms with Gasteiger partial charge in [-0.25, -0.2) is 4.98 Å². The fourth-order valence-corrected chi connectivity index (χ4v) is 2.69. The lowest BCUT2D eigenvalue weighted by Gasteiger charge is -2.20. The van der Waals surface area contributed by atoms with Gasteiger partial charge in [0, 0.05) is 24.2 Å². The summed E-state index contributed by atoms with van der Waals surface area (Å²) in [5, 5.41) is 0. The van der Waals surface area contributed by atoms with Crippen molar-refractivity contribution in [3.63, 3.8) is 0 Å². The molecule has 0 spiro atoms. The minimum Gasteiger partial charge on any atom is -0.331 e. The number of aryl methyl sites for hydroxylation is 1. The topological polar surface area (TPSA) is 17.8 Å². The molecule has 3 rings (SSSR count). The van der Waals surface area contributed by atoms with Crippen molar-refractivity contribution >= 4 is 0 Å². The molecule has 0 N–H and O–H groups in total. The molecule has 2 nitrogen and oxygen atoms in total. The van der Waals surface area contributed by atoms with Crippen LogP contribution in [0, 0.1) is 0 Å². The van der Waals surface area contributed by atoms with E-state index in [0.717, 1.165) is 31.2 Å². The van der Waals surface area contributed by atoms with Gasteiger partial charge in [0.1, 0.15) is 5.82 Å². The zero-order valence-corrected chi connectivity index (χ0v) is 11.1. The van der Waals surface area contributed by atoms with Crippen LogP contribution in [0.15, 0.2) is 30.5 Å². The van der Waals surface area contributed by atoms with Crippen LogP contribution in [-0.4, -0.2) is 9.55 Å². The number of benzene rings is 1. The predicted octanol–water partition coefficient (Wildman–Crippen LogP) is 4.47. The SMILES string of the molecule is CC1CCCc2nc(-c3cccc(C(F)(F)F)c3)cn21. The van der Waals surface area contributed by atoms with Crippen LogP contribution in [0.4, 0.5) is 13.2 Å². The quantitative estimate of drug-likeness (QED) is 0.753. The normalized spacial score (nSPS) is 18.9. The summed E-state index contributed by atoms with van der Waals surface area (Å²) in [6, 6.07) is 5.72. The van der Waals surface area contributed by atoms with Crippen molar-refractivity contribution in [3.8, 4) is 11.3 Å². The first kappa shape index (κ1) is 13.2. The van der Waals surface area contributed by atoms with Gasteiger partial charge >= 0.3 is 6.18 Å². The van der Waals surface area contributed by atoms with Gasteiger partial charge in [-0.3, -0.25) is 0 Å². The molecule has 20 heavy (non-hydrogen) atoms. The molecule has 0 bridgehead atoms. The molecule has 1 aromatic heterocycles. The molecule has 0 radical (unpaired) electrons. The van der Waals surface area contributed by atoms with Crippen molar-refractivity contribution in [1.29, 1.82) is 0 Å². The van der Waals surface area contributed by atoms with E-state index in [1.807, 2.05) is 6.20 Å². The summed E-state index contributed by atoms with van der Waals surface area (Å²) in [5.41, 5.74) is 0.516. The molecule has 1 aromatic carbocycles. The van der Waals surface area contributed by atoms with E-state index in [-0.39, 0.29) is 0 Å². The van der Waals surface area contributed by atoms with Crippen molar-refractivity contribution in [2.45, 2.75) is 38.4 Å². The van der Waals surface area contributed by atoms with Crippen LogP contribution in [-0.2, 0) is 12.6 Å². The highest BCUT2D eigenvalue weighted by Gasteiger charge is 2.30. The zero-order chi connectivity index (χ0) is 14.3. The fraction of sp³-hybridized carbons (Fsp3) is 0.400. The van der Waals surface area contributed by atoms with Crippen molar-refractivity contribution in [2.75, 3.05) is 0 Å². The van der Waals surface area contributed by atoms with Gasteiger partial charge in [-0.1, -0.05) is 12.1 Å².